The Morgan fingerprint density at radius 1 is 1.35 bits per heavy atom. The molecule has 0 aliphatic carbocycles. The first kappa shape index (κ1) is 19.9. The lowest BCUT2D eigenvalue weighted by molar-refractivity contribution is -0.153. The summed E-state index contributed by atoms with van der Waals surface area (Å²) in [4.78, 5) is 24.6. The van der Waals surface area contributed by atoms with E-state index in [2.05, 4.69) is 5.32 Å². The number of carbonyl (C=O) groups excluding carboxylic acids is 1. The molecule has 0 spiro atoms. The summed E-state index contributed by atoms with van der Waals surface area (Å²) in [6.07, 6.45) is -2.77. The summed E-state index contributed by atoms with van der Waals surface area (Å²) in [6, 6.07) is 5.92. The topological polar surface area (TPSA) is 78.9 Å². The van der Waals surface area contributed by atoms with Gasteiger partial charge in [0.15, 0.2) is 6.61 Å². The normalized spacial score (nSPS) is 17.7. The van der Waals surface area contributed by atoms with E-state index in [0.29, 0.717) is 25.8 Å². The summed E-state index contributed by atoms with van der Waals surface area (Å²) in [7, 11) is 0. The van der Waals surface area contributed by atoms with Gasteiger partial charge in [-0.1, -0.05) is 12.1 Å². The molecule has 0 saturated carbocycles. The second-order valence-electron chi connectivity index (χ2n) is 6.16. The lowest BCUT2D eigenvalue weighted by atomic mass is 9.99. The van der Waals surface area contributed by atoms with Crippen LogP contribution in [-0.2, 0) is 11.2 Å². The Hall–Kier alpha value is -2.45. The zero-order valence-electron chi connectivity index (χ0n) is 14.1. The Bertz CT molecular complexity index is 637. The van der Waals surface area contributed by atoms with Gasteiger partial charge in [-0.15, -0.1) is 0 Å². The first-order chi connectivity index (χ1) is 12.2. The van der Waals surface area contributed by atoms with Crippen LogP contribution in [0.4, 0.5) is 18.0 Å². The molecule has 1 fully saturated rings. The van der Waals surface area contributed by atoms with Gasteiger partial charge in [-0.05, 0) is 37.0 Å². The molecule has 26 heavy (non-hydrogen) atoms. The lowest BCUT2D eigenvalue weighted by Gasteiger charge is -2.30. The van der Waals surface area contributed by atoms with E-state index in [1.54, 1.807) is 12.1 Å². The van der Waals surface area contributed by atoms with Gasteiger partial charge in [-0.2, -0.15) is 13.2 Å². The van der Waals surface area contributed by atoms with E-state index in [1.807, 2.05) is 0 Å². The standard InChI is InChI=1S/C17H21F3N2O4/c18-17(19,20)11-26-14-5-1-3-12(9-14)6-7-21-16(25)22-8-2-4-13(10-22)15(23)24/h1,3,5,9,13H,2,4,6-8,10-11H2,(H,21,25)(H,23,24). The molecule has 1 aromatic carbocycles. The number of hydrogen-bond donors (Lipinski definition) is 2. The van der Waals surface area contributed by atoms with E-state index in [4.69, 9.17) is 9.84 Å². The van der Waals surface area contributed by atoms with Crippen LogP contribution in [-0.4, -0.2) is 54.4 Å². The van der Waals surface area contributed by atoms with E-state index < -0.39 is 24.7 Å². The minimum atomic E-state index is -4.40. The zero-order chi connectivity index (χ0) is 19.2. The highest BCUT2D eigenvalue weighted by atomic mass is 19.4. The third kappa shape index (κ3) is 6.45. The maximum Gasteiger partial charge on any atom is 0.422 e. The van der Waals surface area contributed by atoms with Crippen molar-refractivity contribution in [3.8, 4) is 5.75 Å². The van der Waals surface area contributed by atoms with Gasteiger partial charge in [0, 0.05) is 19.6 Å². The molecule has 9 heteroatoms. The summed E-state index contributed by atoms with van der Waals surface area (Å²) in [5.74, 6) is -1.33. The predicted molar refractivity (Wildman–Crippen MR) is 87.0 cm³/mol. The highest BCUT2D eigenvalue weighted by molar-refractivity contribution is 5.76. The minimum Gasteiger partial charge on any atom is -0.484 e. The molecular weight excluding hydrogens is 353 g/mol. The molecule has 0 bridgehead atoms. The molecule has 2 rings (SSSR count). The average Bonchev–Trinajstić information content (AvgIpc) is 2.60. The fourth-order valence-corrected chi connectivity index (χ4v) is 2.74. The molecule has 1 saturated heterocycles. The molecule has 0 radical (unpaired) electrons. The van der Waals surface area contributed by atoms with Crippen molar-refractivity contribution in [2.75, 3.05) is 26.2 Å². The van der Waals surface area contributed by atoms with Crippen molar-refractivity contribution in [3.63, 3.8) is 0 Å². The largest absolute Gasteiger partial charge is 0.484 e. The number of benzene rings is 1. The first-order valence-corrected chi connectivity index (χ1v) is 8.28. The molecule has 1 heterocycles. The van der Waals surface area contributed by atoms with Crippen LogP contribution in [0, 0.1) is 5.92 Å². The van der Waals surface area contributed by atoms with Crippen LogP contribution in [0.15, 0.2) is 24.3 Å². The molecule has 6 nitrogen and oxygen atoms in total. The van der Waals surface area contributed by atoms with Crippen molar-refractivity contribution in [3.05, 3.63) is 29.8 Å². The molecule has 2 amide bonds. The number of carboxylic acids is 1. The van der Waals surface area contributed by atoms with Crippen molar-refractivity contribution in [1.29, 1.82) is 0 Å². The highest BCUT2D eigenvalue weighted by Gasteiger charge is 2.29. The number of carboxylic acid groups (broad SMARTS) is 1. The number of likely N-dealkylation sites (tertiary alicyclic amines) is 1. The van der Waals surface area contributed by atoms with Gasteiger partial charge in [-0.3, -0.25) is 4.79 Å². The molecule has 1 atom stereocenters. The lowest BCUT2D eigenvalue weighted by Crippen LogP contribution is -2.47. The number of hydrogen-bond acceptors (Lipinski definition) is 3. The Morgan fingerprint density at radius 2 is 2.12 bits per heavy atom. The molecule has 1 unspecified atom stereocenters. The molecule has 1 aromatic rings. The Balaban J connectivity index is 1.78. The van der Waals surface area contributed by atoms with E-state index in [-0.39, 0.29) is 24.9 Å². The number of piperidine rings is 1. The van der Waals surface area contributed by atoms with Crippen LogP contribution in [0.3, 0.4) is 0 Å². The van der Waals surface area contributed by atoms with E-state index in [1.165, 1.54) is 17.0 Å². The number of nitrogens with one attached hydrogen (secondary N) is 1. The van der Waals surface area contributed by atoms with Crippen molar-refractivity contribution in [1.82, 2.24) is 10.2 Å². The quantitative estimate of drug-likeness (QED) is 0.803. The maximum absolute atomic E-state index is 12.2. The predicted octanol–water partition coefficient (Wildman–Crippen LogP) is 2.68. The van der Waals surface area contributed by atoms with Gasteiger partial charge < -0.3 is 20.1 Å². The van der Waals surface area contributed by atoms with E-state index in [0.717, 1.165) is 5.56 Å². The Morgan fingerprint density at radius 3 is 2.81 bits per heavy atom. The van der Waals surface area contributed by atoms with Crippen LogP contribution >= 0.6 is 0 Å². The number of nitrogens with zero attached hydrogens (tertiary/aromatic N) is 1. The van der Waals surface area contributed by atoms with E-state index >= 15 is 0 Å². The summed E-state index contributed by atoms with van der Waals surface area (Å²) < 4.78 is 41.2. The van der Waals surface area contributed by atoms with Gasteiger partial charge in [0.2, 0.25) is 0 Å². The van der Waals surface area contributed by atoms with Gasteiger partial charge in [0.05, 0.1) is 5.92 Å². The molecule has 144 valence electrons. The minimum absolute atomic E-state index is 0.117. The highest BCUT2D eigenvalue weighted by Crippen LogP contribution is 2.20. The Labute approximate surface area is 148 Å². The SMILES string of the molecule is O=C(O)C1CCCN(C(=O)NCCc2cccc(OCC(F)(F)F)c2)C1. The molecule has 1 aliphatic rings. The summed E-state index contributed by atoms with van der Waals surface area (Å²) in [6.45, 7) is -0.374. The van der Waals surface area contributed by atoms with Crippen LogP contribution in [0.1, 0.15) is 18.4 Å². The smallest absolute Gasteiger partial charge is 0.422 e. The number of ether oxygens (including phenoxy) is 1. The number of rotatable bonds is 6. The van der Waals surface area contributed by atoms with Crippen molar-refractivity contribution < 1.29 is 32.6 Å². The third-order valence-electron chi connectivity index (χ3n) is 4.05. The van der Waals surface area contributed by atoms with E-state index in [9.17, 15) is 22.8 Å². The van der Waals surface area contributed by atoms with Gasteiger partial charge in [-0.25, -0.2) is 4.79 Å². The van der Waals surface area contributed by atoms with Crippen LogP contribution in [0.2, 0.25) is 0 Å². The first-order valence-electron chi connectivity index (χ1n) is 8.28. The maximum atomic E-state index is 12.2. The Kier molecular flexibility index (Phi) is 6.70. The summed E-state index contributed by atoms with van der Waals surface area (Å²) >= 11 is 0. The number of halogens is 3. The van der Waals surface area contributed by atoms with Crippen LogP contribution in [0.5, 0.6) is 5.75 Å². The molecule has 1 aliphatic heterocycles. The third-order valence-corrected chi connectivity index (χ3v) is 4.05. The second kappa shape index (κ2) is 8.77. The number of carbonyl (C=O) groups is 2. The average molecular weight is 374 g/mol. The molecule has 0 aromatic heterocycles. The van der Waals surface area contributed by atoms with Gasteiger partial charge in [0.25, 0.3) is 0 Å². The van der Waals surface area contributed by atoms with Crippen molar-refractivity contribution >= 4 is 12.0 Å². The summed E-state index contributed by atoms with van der Waals surface area (Å²) in [5.41, 5.74) is 0.729. The van der Waals surface area contributed by atoms with Crippen LogP contribution in [0.25, 0.3) is 0 Å². The number of urea groups is 1. The molecular formula is C17H21F3N2O4. The zero-order valence-corrected chi connectivity index (χ0v) is 14.1. The van der Waals surface area contributed by atoms with Gasteiger partial charge in [0.1, 0.15) is 5.75 Å². The number of alkyl halides is 3. The second-order valence-corrected chi connectivity index (χ2v) is 6.16. The monoisotopic (exact) mass is 374 g/mol. The summed E-state index contributed by atoms with van der Waals surface area (Å²) in [5, 5.41) is 11.8. The van der Waals surface area contributed by atoms with Crippen LogP contribution < -0.4 is 10.1 Å². The van der Waals surface area contributed by atoms with Crippen molar-refractivity contribution in [2.24, 2.45) is 5.92 Å². The van der Waals surface area contributed by atoms with Crippen molar-refractivity contribution in [2.45, 2.75) is 25.4 Å². The number of amides is 2. The fraction of sp³-hybridized carbons (Fsp3) is 0.529. The fourth-order valence-electron chi connectivity index (χ4n) is 2.74. The molecule has 2 N–H and O–H groups in total. The van der Waals surface area contributed by atoms with Gasteiger partial charge >= 0.3 is 18.2 Å². The number of aliphatic carboxylic acids is 1.